The second-order valence-corrected chi connectivity index (χ2v) is 8.40. The number of nitrogens with zero attached hydrogens (tertiary/aromatic N) is 1. The molecule has 2 amide bonds. The van der Waals surface area contributed by atoms with E-state index in [1.165, 1.54) is 25.3 Å². The summed E-state index contributed by atoms with van der Waals surface area (Å²) in [5.41, 5.74) is 0.563. The van der Waals surface area contributed by atoms with E-state index in [0.29, 0.717) is 16.6 Å². The van der Waals surface area contributed by atoms with Gasteiger partial charge in [-0.05, 0) is 52.7 Å². The summed E-state index contributed by atoms with van der Waals surface area (Å²) in [5.74, 6) is -0.590. The number of imide groups is 1. The molecular formula is C18H17BrN2O5S. The molecule has 1 aliphatic rings. The average molecular weight is 453 g/mol. The van der Waals surface area contributed by atoms with Gasteiger partial charge in [-0.1, -0.05) is 12.1 Å². The summed E-state index contributed by atoms with van der Waals surface area (Å²) in [6, 6.07) is 11.0. The summed E-state index contributed by atoms with van der Waals surface area (Å²) in [4.78, 5) is 25.2. The molecule has 27 heavy (non-hydrogen) atoms. The van der Waals surface area contributed by atoms with Crippen LogP contribution in [0.3, 0.4) is 0 Å². The zero-order valence-electron chi connectivity index (χ0n) is 14.4. The van der Waals surface area contributed by atoms with E-state index in [-0.39, 0.29) is 41.0 Å². The van der Waals surface area contributed by atoms with Crippen LogP contribution in [-0.4, -0.2) is 27.3 Å². The lowest BCUT2D eigenvalue weighted by Crippen LogP contribution is -2.40. The quantitative estimate of drug-likeness (QED) is 0.702. The standard InChI is InChI=1S/C18H17BrN2O5S/c1-26-15-10-9-12(21-17(22)7-4-8-18(21)23)11-16(15)27(24,25)20-14-6-3-2-5-13(14)19/h2-3,5-6,9-11,20H,4,7-8H2,1H3. The molecule has 0 atom stereocenters. The number of methoxy groups -OCH3 is 1. The number of carbonyl (C=O) groups is 2. The molecule has 0 radical (unpaired) electrons. The molecule has 1 aliphatic heterocycles. The zero-order valence-corrected chi connectivity index (χ0v) is 16.8. The SMILES string of the molecule is COc1ccc(N2C(=O)CCCC2=O)cc1S(=O)(=O)Nc1ccccc1Br. The Hall–Kier alpha value is -2.39. The van der Waals surface area contributed by atoms with E-state index in [4.69, 9.17) is 4.74 Å². The van der Waals surface area contributed by atoms with E-state index in [1.54, 1.807) is 24.3 Å². The van der Waals surface area contributed by atoms with Gasteiger partial charge in [-0.15, -0.1) is 0 Å². The number of benzene rings is 2. The van der Waals surface area contributed by atoms with Crippen LogP contribution < -0.4 is 14.4 Å². The highest BCUT2D eigenvalue weighted by atomic mass is 79.9. The number of carbonyl (C=O) groups excluding carboxylic acids is 2. The van der Waals surface area contributed by atoms with Gasteiger partial charge in [0.2, 0.25) is 11.8 Å². The van der Waals surface area contributed by atoms with Gasteiger partial charge in [0.25, 0.3) is 10.0 Å². The number of amides is 2. The van der Waals surface area contributed by atoms with Crippen molar-refractivity contribution in [2.45, 2.75) is 24.2 Å². The zero-order chi connectivity index (χ0) is 19.6. The third kappa shape index (κ3) is 3.98. The third-order valence-electron chi connectivity index (χ3n) is 4.09. The molecule has 2 aromatic rings. The Morgan fingerprint density at radius 2 is 1.74 bits per heavy atom. The summed E-state index contributed by atoms with van der Waals surface area (Å²) in [5, 5.41) is 0. The number of anilines is 2. The highest BCUT2D eigenvalue weighted by Crippen LogP contribution is 2.33. The smallest absolute Gasteiger partial charge is 0.265 e. The average Bonchev–Trinajstić information content (AvgIpc) is 2.63. The summed E-state index contributed by atoms with van der Waals surface area (Å²) in [7, 11) is -2.68. The van der Waals surface area contributed by atoms with Crippen LogP contribution in [0.4, 0.5) is 11.4 Å². The second-order valence-electron chi connectivity index (χ2n) is 5.90. The van der Waals surface area contributed by atoms with Crippen LogP contribution in [0.1, 0.15) is 19.3 Å². The van der Waals surface area contributed by atoms with E-state index < -0.39 is 10.0 Å². The lowest BCUT2D eigenvalue weighted by Gasteiger charge is -2.25. The fourth-order valence-corrected chi connectivity index (χ4v) is 4.58. The molecular weight excluding hydrogens is 436 g/mol. The van der Waals surface area contributed by atoms with Crippen LogP contribution in [-0.2, 0) is 19.6 Å². The first-order valence-corrected chi connectivity index (χ1v) is 10.4. The lowest BCUT2D eigenvalue weighted by atomic mass is 10.1. The second kappa shape index (κ2) is 7.69. The number of rotatable bonds is 5. The first kappa shape index (κ1) is 19.4. The molecule has 142 valence electrons. The van der Waals surface area contributed by atoms with E-state index in [9.17, 15) is 18.0 Å². The fourth-order valence-electron chi connectivity index (χ4n) is 2.80. The van der Waals surface area contributed by atoms with Gasteiger partial charge in [0.05, 0.1) is 18.5 Å². The lowest BCUT2D eigenvalue weighted by molar-refractivity contribution is -0.129. The number of halogens is 1. The number of para-hydroxylation sites is 1. The van der Waals surface area contributed by atoms with E-state index in [0.717, 1.165) is 4.90 Å². The molecule has 1 fully saturated rings. The van der Waals surface area contributed by atoms with Crippen LogP contribution in [0.2, 0.25) is 0 Å². The van der Waals surface area contributed by atoms with Crippen molar-refractivity contribution < 1.29 is 22.7 Å². The molecule has 0 aliphatic carbocycles. The number of hydrogen-bond donors (Lipinski definition) is 1. The molecule has 3 rings (SSSR count). The predicted molar refractivity (Wildman–Crippen MR) is 104 cm³/mol. The van der Waals surface area contributed by atoms with Crippen molar-refractivity contribution >= 4 is 49.1 Å². The van der Waals surface area contributed by atoms with Crippen molar-refractivity contribution in [2.24, 2.45) is 0 Å². The number of nitrogens with one attached hydrogen (secondary N) is 1. The normalized spacial score (nSPS) is 15.0. The summed E-state index contributed by atoms with van der Waals surface area (Å²) >= 11 is 3.29. The first-order valence-electron chi connectivity index (χ1n) is 8.14. The Balaban J connectivity index is 2.04. The Morgan fingerprint density at radius 3 is 2.37 bits per heavy atom. The minimum atomic E-state index is -4.03. The van der Waals surface area contributed by atoms with Crippen molar-refractivity contribution in [2.75, 3.05) is 16.7 Å². The van der Waals surface area contributed by atoms with Gasteiger partial charge in [0, 0.05) is 17.3 Å². The fraction of sp³-hybridized carbons (Fsp3) is 0.222. The number of sulfonamides is 1. The van der Waals surface area contributed by atoms with E-state index in [2.05, 4.69) is 20.7 Å². The summed E-state index contributed by atoms with van der Waals surface area (Å²) in [6.45, 7) is 0. The van der Waals surface area contributed by atoms with Gasteiger partial charge in [0.1, 0.15) is 10.6 Å². The third-order valence-corrected chi connectivity index (χ3v) is 6.17. The molecule has 0 aromatic heterocycles. The predicted octanol–water partition coefficient (Wildman–Crippen LogP) is 3.30. The molecule has 9 heteroatoms. The topological polar surface area (TPSA) is 92.8 Å². The van der Waals surface area contributed by atoms with Gasteiger partial charge >= 0.3 is 0 Å². The first-order chi connectivity index (χ1) is 12.8. The summed E-state index contributed by atoms with van der Waals surface area (Å²) < 4.78 is 34.1. The molecule has 0 unspecified atom stereocenters. The van der Waals surface area contributed by atoms with Crippen LogP contribution in [0.25, 0.3) is 0 Å². The molecule has 0 spiro atoms. The van der Waals surface area contributed by atoms with Gasteiger partial charge < -0.3 is 4.74 Å². The van der Waals surface area contributed by atoms with Crippen molar-refractivity contribution in [1.82, 2.24) is 0 Å². The Kier molecular flexibility index (Phi) is 5.52. The molecule has 7 nitrogen and oxygen atoms in total. The highest BCUT2D eigenvalue weighted by molar-refractivity contribution is 9.10. The largest absolute Gasteiger partial charge is 0.495 e. The van der Waals surface area contributed by atoms with E-state index in [1.807, 2.05) is 0 Å². The number of piperidine rings is 1. The van der Waals surface area contributed by atoms with Gasteiger partial charge in [-0.2, -0.15) is 0 Å². The maximum Gasteiger partial charge on any atom is 0.265 e. The van der Waals surface area contributed by atoms with Gasteiger partial charge in [-0.3, -0.25) is 19.2 Å². The Bertz CT molecular complexity index is 991. The maximum atomic E-state index is 12.9. The van der Waals surface area contributed by atoms with Crippen LogP contribution >= 0.6 is 15.9 Å². The minimum absolute atomic E-state index is 0.107. The molecule has 0 saturated carbocycles. The summed E-state index contributed by atoms with van der Waals surface area (Å²) in [6.07, 6.45) is 0.989. The van der Waals surface area contributed by atoms with Gasteiger partial charge in [0.15, 0.2) is 0 Å². The Labute approximate surface area is 165 Å². The van der Waals surface area contributed by atoms with Crippen molar-refractivity contribution in [3.8, 4) is 5.75 Å². The van der Waals surface area contributed by atoms with Gasteiger partial charge in [-0.25, -0.2) is 8.42 Å². The van der Waals surface area contributed by atoms with E-state index >= 15 is 0 Å². The van der Waals surface area contributed by atoms with Crippen LogP contribution in [0.15, 0.2) is 51.8 Å². The van der Waals surface area contributed by atoms with Crippen molar-refractivity contribution in [1.29, 1.82) is 0 Å². The van der Waals surface area contributed by atoms with Crippen LogP contribution in [0, 0.1) is 0 Å². The van der Waals surface area contributed by atoms with Crippen molar-refractivity contribution in [3.63, 3.8) is 0 Å². The van der Waals surface area contributed by atoms with Crippen LogP contribution in [0.5, 0.6) is 5.75 Å². The molecule has 1 saturated heterocycles. The number of ether oxygens (including phenoxy) is 1. The molecule has 1 heterocycles. The molecule has 2 aromatic carbocycles. The minimum Gasteiger partial charge on any atom is -0.495 e. The monoisotopic (exact) mass is 452 g/mol. The maximum absolute atomic E-state index is 12.9. The number of hydrogen-bond acceptors (Lipinski definition) is 5. The molecule has 0 bridgehead atoms. The Morgan fingerprint density at radius 1 is 1.07 bits per heavy atom. The van der Waals surface area contributed by atoms with Crippen molar-refractivity contribution in [3.05, 3.63) is 46.9 Å². The molecule has 1 N–H and O–H groups in total. The highest BCUT2D eigenvalue weighted by Gasteiger charge is 2.30.